The number of hydrogen-bond donors (Lipinski definition) is 2. The lowest BCUT2D eigenvalue weighted by molar-refractivity contribution is 0.241. The Kier molecular flexibility index (Phi) is 17.3. The van der Waals surface area contributed by atoms with E-state index in [-0.39, 0.29) is 6.03 Å². The monoisotopic (exact) mass is 323 g/mol. The highest BCUT2D eigenvalue weighted by molar-refractivity contribution is 5.73. The molecular formula is C19H37N3O. The second-order valence-corrected chi connectivity index (χ2v) is 4.99. The van der Waals surface area contributed by atoms with E-state index in [1.165, 1.54) is 11.1 Å². The molecule has 0 fully saturated rings. The van der Waals surface area contributed by atoms with Gasteiger partial charge in [0.15, 0.2) is 0 Å². The van der Waals surface area contributed by atoms with Crippen molar-refractivity contribution >= 4 is 6.03 Å². The summed E-state index contributed by atoms with van der Waals surface area (Å²) in [5.41, 5.74) is 2.56. The molecule has 23 heavy (non-hydrogen) atoms. The van der Waals surface area contributed by atoms with E-state index in [4.69, 9.17) is 0 Å². The maximum absolute atomic E-state index is 11.3. The molecule has 0 radical (unpaired) electrons. The molecule has 1 aromatic rings. The first kappa shape index (κ1) is 23.7. The Hall–Kier alpha value is -1.55. The summed E-state index contributed by atoms with van der Waals surface area (Å²) in [6, 6.07) is 8.47. The van der Waals surface area contributed by atoms with Crippen LogP contribution in [0.5, 0.6) is 0 Å². The summed E-state index contributed by atoms with van der Waals surface area (Å²) in [7, 11) is 4.12. The lowest BCUT2D eigenvalue weighted by atomic mass is 10.1. The Balaban J connectivity index is 0. The van der Waals surface area contributed by atoms with E-state index in [1.807, 2.05) is 34.6 Å². The number of carbonyl (C=O) groups is 1. The molecule has 1 aromatic carbocycles. The SMILES string of the molecule is CC.CC.CCCNC(=O)NCCc1ccc(CN(C)C)cc1. The predicted molar refractivity (Wildman–Crippen MR) is 102 cm³/mol. The molecule has 0 aliphatic carbocycles. The van der Waals surface area contributed by atoms with Crippen LogP contribution in [0.1, 0.15) is 52.2 Å². The van der Waals surface area contributed by atoms with Gasteiger partial charge in [0.1, 0.15) is 0 Å². The van der Waals surface area contributed by atoms with Gasteiger partial charge in [0.2, 0.25) is 0 Å². The third kappa shape index (κ3) is 13.8. The highest BCUT2D eigenvalue weighted by atomic mass is 16.2. The third-order valence-electron chi connectivity index (χ3n) is 2.76. The summed E-state index contributed by atoms with van der Waals surface area (Å²) in [4.78, 5) is 13.5. The highest BCUT2D eigenvalue weighted by Crippen LogP contribution is 2.06. The van der Waals surface area contributed by atoms with Gasteiger partial charge in [-0.05, 0) is 38.1 Å². The fraction of sp³-hybridized carbons (Fsp3) is 0.632. The summed E-state index contributed by atoms with van der Waals surface area (Å²) in [6.45, 7) is 12.4. The maximum atomic E-state index is 11.3. The predicted octanol–water partition coefficient (Wildman–Crippen LogP) is 4.05. The first-order chi connectivity index (χ1) is 11.1. The van der Waals surface area contributed by atoms with E-state index >= 15 is 0 Å². The van der Waals surface area contributed by atoms with Gasteiger partial charge in [0, 0.05) is 19.6 Å². The summed E-state index contributed by atoms with van der Waals surface area (Å²) in [5.74, 6) is 0. The van der Waals surface area contributed by atoms with Gasteiger partial charge < -0.3 is 15.5 Å². The zero-order valence-corrected chi connectivity index (χ0v) is 16.2. The topological polar surface area (TPSA) is 44.4 Å². The Morgan fingerprint density at radius 2 is 1.39 bits per heavy atom. The molecule has 0 aliphatic heterocycles. The first-order valence-electron chi connectivity index (χ1n) is 8.86. The number of amides is 2. The van der Waals surface area contributed by atoms with Gasteiger partial charge in [0.25, 0.3) is 0 Å². The minimum atomic E-state index is -0.0777. The second kappa shape index (κ2) is 16.8. The summed E-state index contributed by atoms with van der Waals surface area (Å²) in [6.07, 6.45) is 1.82. The number of benzene rings is 1. The van der Waals surface area contributed by atoms with Crippen molar-refractivity contribution in [2.45, 2.75) is 54.0 Å². The minimum absolute atomic E-state index is 0.0777. The molecule has 0 saturated heterocycles. The van der Waals surface area contributed by atoms with Crippen LogP contribution in [0.25, 0.3) is 0 Å². The van der Waals surface area contributed by atoms with Crippen molar-refractivity contribution in [3.63, 3.8) is 0 Å². The smallest absolute Gasteiger partial charge is 0.314 e. The molecule has 0 unspecified atom stereocenters. The number of rotatable bonds is 7. The Bertz CT molecular complexity index is 375. The van der Waals surface area contributed by atoms with Crippen molar-refractivity contribution in [1.82, 2.24) is 15.5 Å². The maximum Gasteiger partial charge on any atom is 0.314 e. The van der Waals surface area contributed by atoms with E-state index in [1.54, 1.807) is 0 Å². The normalized spacial score (nSPS) is 9.22. The fourth-order valence-corrected chi connectivity index (χ4v) is 1.80. The van der Waals surface area contributed by atoms with E-state index in [9.17, 15) is 4.79 Å². The molecule has 0 aromatic heterocycles. The molecule has 134 valence electrons. The van der Waals surface area contributed by atoms with E-state index in [0.29, 0.717) is 6.54 Å². The number of urea groups is 1. The average Bonchev–Trinajstić information content (AvgIpc) is 2.58. The molecule has 1 rings (SSSR count). The molecule has 0 saturated carbocycles. The van der Waals surface area contributed by atoms with Crippen molar-refractivity contribution < 1.29 is 4.79 Å². The highest BCUT2D eigenvalue weighted by Gasteiger charge is 1.99. The molecule has 0 spiro atoms. The molecule has 2 amide bonds. The summed E-state index contributed by atoms with van der Waals surface area (Å²) in [5, 5.41) is 5.65. The summed E-state index contributed by atoms with van der Waals surface area (Å²) < 4.78 is 0. The molecular weight excluding hydrogens is 286 g/mol. The van der Waals surface area contributed by atoms with Gasteiger partial charge in [-0.2, -0.15) is 0 Å². The molecule has 4 nitrogen and oxygen atoms in total. The minimum Gasteiger partial charge on any atom is -0.338 e. The Morgan fingerprint density at radius 3 is 1.87 bits per heavy atom. The van der Waals surface area contributed by atoms with Crippen molar-refractivity contribution in [3.8, 4) is 0 Å². The van der Waals surface area contributed by atoms with Gasteiger partial charge in [-0.1, -0.05) is 58.9 Å². The number of nitrogens with one attached hydrogen (secondary N) is 2. The third-order valence-corrected chi connectivity index (χ3v) is 2.76. The average molecular weight is 324 g/mol. The van der Waals surface area contributed by atoms with E-state index in [0.717, 1.165) is 25.9 Å². The van der Waals surface area contributed by atoms with Crippen LogP contribution >= 0.6 is 0 Å². The van der Waals surface area contributed by atoms with Gasteiger partial charge in [-0.3, -0.25) is 0 Å². The number of hydrogen-bond acceptors (Lipinski definition) is 2. The Labute approximate surface area is 143 Å². The lowest BCUT2D eigenvalue weighted by Gasteiger charge is -2.10. The van der Waals surface area contributed by atoms with E-state index < -0.39 is 0 Å². The van der Waals surface area contributed by atoms with Crippen LogP contribution < -0.4 is 10.6 Å². The van der Waals surface area contributed by atoms with Crippen LogP contribution in [-0.4, -0.2) is 38.1 Å². The van der Waals surface area contributed by atoms with Crippen molar-refractivity contribution in [1.29, 1.82) is 0 Å². The van der Waals surface area contributed by atoms with Crippen LogP contribution in [0.2, 0.25) is 0 Å². The van der Waals surface area contributed by atoms with Gasteiger partial charge in [-0.15, -0.1) is 0 Å². The van der Waals surface area contributed by atoms with Crippen molar-refractivity contribution in [2.24, 2.45) is 0 Å². The van der Waals surface area contributed by atoms with E-state index in [2.05, 4.69) is 53.9 Å². The number of nitrogens with zero attached hydrogens (tertiary/aromatic N) is 1. The van der Waals surface area contributed by atoms with Gasteiger partial charge >= 0.3 is 6.03 Å². The lowest BCUT2D eigenvalue weighted by Crippen LogP contribution is -2.36. The second-order valence-electron chi connectivity index (χ2n) is 4.99. The molecule has 2 N–H and O–H groups in total. The number of carbonyl (C=O) groups excluding carboxylic acids is 1. The van der Waals surface area contributed by atoms with Crippen LogP contribution in [0.4, 0.5) is 4.79 Å². The zero-order valence-electron chi connectivity index (χ0n) is 16.2. The summed E-state index contributed by atoms with van der Waals surface area (Å²) >= 11 is 0. The molecule has 4 heteroatoms. The Morgan fingerprint density at radius 1 is 0.913 bits per heavy atom. The standard InChI is InChI=1S/C15H25N3O.2C2H6/c1-4-10-16-15(19)17-11-9-13-5-7-14(8-6-13)12-18(2)3;2*1-2/h5-8H,4,9-12H2,1-3H3,(H2,16,17,19);2*1-2H3. The van der Waals surface area contributed by atoms with Gasteiger partial charge in [-0.25, -0.2) is 4.79 Å². The zero-order chi connectivity index (χ0) is 18.1. The molecule has 0 aliphatic rings. The van der Waals surface area contributed by atoms with Crippen molar-refractivity contribution in [3.05, 3.63) is 35.4 Å². The quantitative estimate of drug-likeness (QED) is 0.795. The first-order valence-corrected chi connectivity index (χ1v) is 8.86. The van der Waals surface area contributed by atoms with Crippen LogP contribution in [0.3, 0.4) is 0 Å². The van der Waals surface area contributed by atoms with Crippen LogP contribution in [0, 0.1) is 0 Å². The van der Waals surface area contributed by atoms with Crippen molar-refractivity contribution in [2.75, 3.05) is 27.2 Å². The van der Waals surface area contributed by atoms with Crippen LogP contribution in [0.15, 0.2) is 24.3 Å². The molecule has 0 bridgehead atoms. The largest absolute Gasteiger partial charge is 0.338 e. The van der Waals surface area contributed by atoms with Crippen LogP contribution in [-0.2, 0) is 13.0 Å². The molecule has 0 atom stereocenters. The fourth-order valence-electron chi connectivity index (χ4n) is 1.80. The van der Waals surface area contributed by atoms with Gasteiger partial charge in [0.05, 0.1) is 0 Å². The molecule has 0 heterocycles.